The highest BCUT2D eigenvalue weighted by atomic mass is 32.2. The van der Waals surface area contributed by atoms with Crippen LogP contribution in [0.5, 0.6) is 0 Å². The van der Waals surface area contributed by atoms with Gasteiger partial charge < -0.3 is 9.52 Å². The molecule has 0 radical (unpaired) electrons. The van der Waals surface area contributed by atoms with Crippen LogP contribution in [0.15, 0.2) is 34.9 Å². The SMILES string of the molecule is CC(CO)CSCc1coc(-c2ccc(F)cc2)n1. The van der Waals surface area contributed by atoms with Crippen molar-refractivity contribution in [2.24, 2.45) is 5.92 Å². The summed E-state index contributed by atoms with van der Waals surface area (Å²) in [6, 6.07) is 6.06. The Balaban J connectivity index is 1.93. The van der Waals surface area contributed by atoms with E-state index in [2.05, 4.69) is 4.98 Å². The smallest absolute Gasteiger partial charge is 0.226 e. The molecule has 0 saturated carbocycles. The monoisotopic (exact) mass is 281 g/mol. The molecule has 1 aromatic carbocycles. The molecule has 1 N–H and O–H groups in total. The number of aliphatic hydroxyl groups is 1. The van der Waals surface area contributed by atoms with E-state index in [1.807, 2.05) is 6.92 Å². The highest BCUT2D eigenvalue weighted by Crippen LogP contribution is 2.21. The second-order valence-corrected chi connectivity index (χ2v) is 5.48. The molecule has 0 bridgehead atoms. The summed E-state index contributed by atoms with van der Waals surface area (Å²) in [7, 11) is 0. The second kappa shape index (κ2) is 6.73. The Labute approximate surface area is 115 Å². The molecule has 1 atom stereocenters. The van der Waals surface area contributed by atoms with Crippen LogP contribution in [-0.4, -0.2) is 22.5 Å². The highest BCUT2D eigenvalue weighted by molar-refractivity contribution is 7.98. The molecule has 1 heterocycles. The fourth-order valence-corrected chi connectivity index (χ4v) is 2.48. The zero-order valence-electron chi connectivity index (χ0n) is 10.7. The topological polar surface area (TPSA) is 46.3 Å². The molecule has 0 aliphatic rings. The molecule has 0 spiro atoms. The van der Waals surface area contributed by atoms with Crippen LogP contribution in [0, 0.1) is 11.7 Å². The van der Waals surface area contributed by atoms with Crippen molar-refractivity contribution in [1.82, 2.24) is 4.98 Å². The third-order valence-electron chi connectivity index (χ3n) is 2.61. The predicted molar refractivity (Wildman–Crippen MR) is 74.3 cm³/mol. The van der Waals surface area contributed by atoms with Gasteiger partial charge in [-0.15, -0.1) is 0 Å². The Morgan fingerprint density at radius 1 is 1.37 bits per heavy atom. The average Bonchev–Trinajstić information content (AvgIpc) is 2.88. The maximum absolute atomic E-state index is 12.8. The summed E-state index contributed by atoms with van der Waals surface area (Å²) in [6.07, 6.45) is 1.62. The first-order valence-corrected chi connectivity index (χ1v) is 7.23. The van der Waals surface area contributed by atoms with E-state index in [9.17, 15) is 4.39 Å². The fraction of sp³-hybridized carbons (Fsp3) is 0.357. The van der Waals surface area contributed by atoms with E-state index in [0.29, 0.717) is 5.89 Å². The molecule has 0 amide bonds. The normalized spacial score (nSPS) is 12.6. The van der Waals surface area contributed by atoms with Crippen LogP contribution >= 0.6 is 11.8 Å². The van der Waals surface area contributed by atoms with Gasteiger partial charge >= 0.3 is 0 Å². The number of hydrogen-bond donors (Lipinski definition) is 1. The quantitative estimate of drug-likeness (QED) is 0.882. The lowest BCUT2D eigenvalue weighted by Crippen LogP contribution is -2.03. The Kier molecular flexibility index (Phi) is 4.99. The Bertz CT molecular complexity index is 512. The van der Waals surface area contributed by atoms with Crippen molar-refractivity contribution in [2.45, 2.75) is 12.7 Å². The van der Waals surface area contributed by atoms with Crippen LogP contribution in [0.4, 0.5) is 4.39 Å². The van der Waals surface area contributed by atoms with Gasteiger partial charge in [0.25, 0.3) is 0 Å². The minimum Gasteiger partial charge on any atom is -0.444 e. The molecular formula is C14H16FNO2S. The first kappa shape index (κ1) is 14.1. The molecule has 19 heavy (non-hydrogen) atoms. The molecule has 1 unspecified atom stereocenters. The van der Waals surface area contributed by atoms with E-state index in [1.165, 1.54) is 12.1 Å². The van der Waals surface area contributed by atoms with Crippen LogP contribution in [0.2, 0.25) is 0 Å². The highest BCUT2D eigenvalue weighted by Gasteiger charge is 2.07. The van der Waals surface area contributed by atoms with Gasteiger partial charge in [0.2, 0.25) is 5.89 Å². The van der Waals surface area contributed by atoms with Crippen molar-refractivity contribution in [2.75, 3.05) is 12.4 Å². The standard InChI is InChI=1S/C14H16FNO2S/c1-10(6-17)8-19-9-13-7-18-14(16-13)11-2-4-12(15)5-3-11/h2-5,7,10,17H,6,8-9H2,1H3. The van der Waals surface area contributed by atoms with E-state index in [4.69, 9.17) is 9.52 Å². The van der Waals surface area contributed by atoms with Gasteiger partial charge in [0.1, 0.15) is 12.1 Å². The van der Waals surface area contributed by atoms with Gasteiger partial charge in [0.15, 0.2) is 0 Å². The maximum atomic E-state index is 12.8. The molecule has 1 aromatic heterocycles. The number of nitrogens with zero attached hydrogens (tertiary/aromatic N) is 1. The first-order valence-electron chi connectivity index (χ1n) is 6.08. The lowest BCUT2D eigenvalue weighted by atomic mass is 10.2. The number of aliphatic hydroxyl groups excluding tert-OH is 1. The summed E-state index contributed by atoms with van der Waals surface area (Å²) < 4.78 is 18.2. The fourth-order valence-electron chi connectivity index (χ4n) is 1.52. The minimum atomic E-state index is -0.274. The summed E-state index contributed by atoms with van der Waals surface area (Å²) >= 11 is 1.71. The molecule has 5 heteroatoms. The summed E-state index contributed by atoms with van der Waals surface area (Å²) in [4.78, 5) is 4.36. The van der Waals surface area contributed by atoms with E-state index in [0.717, 1.165) is 22.8 Å². The van der Waals surface area contributed by atoms with Crippen LogP contribution < -0.4 is 0 Å². The Hall–Kier alpha value is -1.33. The Morgan fingerprint density at radius 2 is 2.11 bits per heavy atom. The lowest BCUT2D eigenvalue weighted by molar-refractivity contribution is 0.250. The zero-order chi connectivity index (χ0) is 13.7. The molecule has 0 aliphatic carbocycles. The molecule has 2 aromatic rings. The summed E-state index contributed by atoms with van der Waals surface area (Å²) in [5, 5.41) is 8.93. The summed E-state index contributed by atoms with van der Waals surface area (Å²) in [5.74, 6) is 2.15. The molecule has 0 aliphatic heterocycles. The minimum absolute atomic E-state index is 0.201. The van der Waals surface area contributed by atoms with Gasteiger partial charge in [-0.2, -0.15) is 11.8 Å². The number of aromatic nitrogens is 1. The van der Waals surface area contributed by atoms with E-state index < -0.39 is 0 Å². The molecule has 3 nitrogen and oxygen atoms in total. The number of benzene rings is 1. The van der Waals surface area contributed by atoms with Gasteiger partial charge in [0.05, 0.1) is 5.69 Å². The second-order valence-electron chi connectivity index (χ2n) is 4.45. The van der Waals surface area contributed by atoms with Crippen LogP contribution in [0.25, 0.3) is 11.5 Å². The summed E-state index contributed by atoms with van der Waals surface area (Å²) in [6.45, 7) is 2.20. The number of thioether (sulfide) groups is 1. The first-order chi connectivity index (χ1) is 9.19. The third kappa shape index (κ3) is 4.08. The van der Waals surface area contributed by atoms with Crippen molar-refractivity contribution in [3.63, 3.8) is 0 Å². The molecule has 102 valence electrons. The van der Waals surface area contributed by atoms with Crippen LogP contribution in [0.1, 0.15) is 12.6 Å². The van der Waals surface area contributed by atoms with Crippen LogP contribution in [-0.2, 0) is 5.75 Å². The average molecular weight is 281 g/mol. The van der Waals surface area contributed by atoms with Gasteiger partial charge in [-0.3, -0.25) is 0 Å². The number of hydrogen-bond acceptors (Lipinski definition) is 4. The number of rotatable bonds is 6. The predicted octanol–water partition coefficient (Wildman–Crippen LogP) is 3.34. The van der Waals surface area contributed by atoms with E-state index >= 15 is 0 Å². The Morgan fingerprint density at radius 3 is 2.79 bits per heavy atom. The zero-order valence-corrected chi connectivity index (χ0v) is 11.5. The van der Waals surface area contributed by atoms with Gasteiger partial charge in [-0.05, 0) is 35.9 Å². The molecule has 0 fully saturated rings. The van der Waals surface area contributed by atoms with Crippen molar-refractivity contribution in [1.29, 1.82) is 0 Å². The summed E-state index contributed by atoms with van der Waals surface area (Å²) in [5.41, 5.74) is 1.62. The van der Waals surface area contributed by atoms with Gasteiger partial charge in [0, 0.05) is 17.9 Å². The van der Waals surface area contributed by atoms with Crippen molar-refractivity contribution in [3.8, 4) is 11.5 Å². The van der Waals surface area contributed by atoms with E-state index in [-0.39, 0.29) is 18.3 Å². The third-order valence-corrected chi connectivity index (χ3v) is 3.91. The van der Waals surface area contributed by atoms with Crippen LogP contribution in [0.3, 0.4) is 0 Å². The number of halogens is 1. The number of oxazole rings is 1. The van der Waals surface area contributed by atoms with Gasteiger partial charge in [-0.1, -0.05) is 6.92 Å². The van der Waals surface area contributed by atoms with Crippen molar-refractivity contribution >= 4 is 11.8 Å². The van der Waals surface area contributed by atoms with Gasteiger partial charge in [-0.25, -0.2) is 9.37 Å². The molecular weight excluding hydrogens is 265 g/mol. The lowest BCUT2D eigenvalue weighted by Gasteiger charge is -2.04. The maximum Gasteiger partial charge on any atom is 0.226 e. The van der Waals surface area contributed by atoms with E-state index in [1.54, 1.807) is 30.2 Å². The molecule has 0 saturated heterocycles. The van der Waals surface area contributed by atoms with Crippen molar-refractivity contribution < 1.29 is 13.9 Å². The largest absolute Gasteiger partial charge is 0.444 e. The molecule has 2 rings (SSSR count). The van der Waals surface area contributed by atoms with Crippen molar-refractivity contribution in [3.05, 3.63) is 42.0 Å².